The fraction of sp³-hybridized carbons (Fsp3) is 0.182. The van der Waals surface area contributed by atoms with Gasteiger partial charge in [0.1, 0.15) is 0 Å². The third kappa shape index (κ3) is 2.69. The van der Waals surface area contributed by atoms with E-state index in [-0.39, 0.29) is 11.4 Å². The summed E-state index contributed by atoms with van der Waals surface area (Å²) in [4.78, 5) is 0.169. The summed E-state index contributed by atoms with van der Waals surface area (Å²) in [6, 6.07) is 6.34. The van der Waals surface area contributed by atoms with Gasteiger partial charge in [-0.3, -0.25) is 0 Å². The lowest BCUT2D eigenvalue weighted by molar-refractivity contribution is 0.380. The van der Waals surface area contributed by atoms with Gasteiger partial charge in [0.2, 0.25) is 10.0 Å². The highest BCUT2D eigenvalue weighted by atomic mass is 32.2. The Balaban J connectivity index is 2.22. The zero-order valence-corrected chi connectivity index (χ0v) is 10.6. The van der Waals surface area contributed by atoms with Crippen molar-refractivity contribution >= 4 is 15.7 Å². The lowest BCUT2D eigenvalue weighted by Gasteiger charge is -2.08. The summed E-state index contributed by atoms with van der Waals surface area (Å²) in [5, 5.41) is 3.50. The lowest BCUT2D eigenvalue weighted by atomic mass is 10.2. The predicted molar refractivity (Wildman–Crippen MR) is 66.1 cm³/mol. The molecule has 0 saturated heterocycles. The van der Waals surface area contributed by atoms with Crippen LogP contribution in [0.15, 0.2) is 39.9 Å². The molecule has 0 atom stereocenters. The molecule has 0 fully saturated rings. The van der Waals surface area contributed by atoms with Crippen LogP contribution in [0.1, 0.15) is 11.3 Å². The molecule has 1 aromatic carbocycles. The molecule has 1 heterocycles. The number of anilines is 1. The fourth-order valence-corrected chi connectivity index (χ4v) is 2.75. The summed E-state index contributed by atoms with van der Waals surface area (Å²) in [6.45, 7) is 1.76. The van der Waals surface area contributed by atoms with Crippen LogP contribution in [0, 0.1) is 6.92 Å². The molecule has 2 aromatic rings. The number of hydrogen-bond donors (Lipinski definition) is 2. The average Bonchev–Trinajstić information content (AvgIpc) is 2.83. The van der Waals surface area contributed by atoms with Crippen LogP contribution in [0.3, 0.4) is 0 Å². The van der Waals surface area contributed by atoms with Crippen LogP contribution in [0.2, 0.25) is 0 Å². The first-order valence-electron chi connectivity index (χ1n) is 5.24. The number of benzene rings is 1. The average molecular weight is 267 g/mol. The Bertz CT molecular complexity index is 636. The van der Waals surface area contributed by atoms with Gasteiger partial charge in [-0.05, 0) is 24.6 Å². The zero-order valence-electron chi connectivity index (χ0n) is 9.75. The van der Waals surface area contributed by atoms with E-state index in [1.807, 2.05) is 0 Å². The summed E-state index contributed by atoms with van der Waals surface area (Å²) in [6.07, 6.45) is 1.45. The topological polar surface area (TPSA) is 98.2 Å². The second kappa shape index (κ2) is 4.79. The van der Waals surface area contributed by atoms with Crippen molar-refractivity contribution in [3.05, 3.63) is 41.8 Å². The normalized spacial score (nSPS) is 11.6. The van der Waals surface area contributed by atoms with Crippen LogP contribution in [-0.2, 0) is 16.6 Å². The molecule has 3 N–H and O–H groups in total. The number of aromatic nitrogens is 1. The van der Waals surface area contributed by atoms with E-state index in [9.17, 15) is 8.42 Å². The summed E-state index contributed by atoms with van der Waals surface area (Å²) >= 11 is 0. The van der Waals surface area contributed by atoms with Crippen molar-refractivity contribution in [1.82, 2.24) is 9.88 Å². The lowest BCUT2D eigenvalue weighted by Crippen LogP contribution is -2.23. The number of nitrogens with two attached hydrogens (primary N) is 1. The number of nitrogens with one attached hydrogen (secondary N) is 1. The first-order valence-corrected chi connectivity index (χ1v) is 6.73. The quantitative estimate of drug-likeness (QED) is 0.807. The summed E-state index contributed by atoms with van der Waals surface area (Å²) in [5.74, 6) is 0.445. The minimum absolute atomic E-state index is 0.0522. The molecule has 1 aromatic heterocycles. The first-order chi connectivity index (χ1) is 8.49. The molecule has 0 radical (unpaired) electrons. The first kappa shape index (κ1) is 12.6. The largest absolute Gasteiger partial charge is 0.399 e. The van der Waals surface area contributed by atoms with Crippen LogP contribution >= 0.6 is 0 Å². The van der Waals surface area contributed by atoms with E-state index in [0.29, 0.717) is 17.0 Å². The van der Waals surface area contributed by atoms with E-state index in [4.69, 9.17) is 10.3 Å². The summed E-state index contributed by atoms with van der Waals surface area (Å²) in [7, 11) is -3.61. The Labute approximate surface area is 105 Å². The van der Waals surface area contributed by atoms with Gasteiger partial charge in [0.25, 0.3) is 0 Å². The maximum atomic E-state index is 12.1. The van der Waals surface area contributed by atoms with Gasteiger partial charge >= 0.3 is 0 Å². The van der Waals surface area contributed by atoms with Crippen LogP contribution in [0.5, 0.6) is 0 Å². The molecule has 18 heavy (non-hydrogen) atoms. The molecule has 96 valence electrons. The number of aryl methyl sites for hydroxylation is 1. The third-order valence-corrected chi connectivity index (χ3v) is 3.97. The van der Waals surface area contributed by atoms with Crippen molar-refractivity contribution in [2.75, 3.05) is 5.73 Å². The van der Waals surface area contributed by atoms with Gasteiger partial charge < -0.3 is 10.3 Å². The molecule has 0 aliphatic heterocycles. The third-order valence-electron chi connectivity index (χ3n) is 2.43. The fourth-order valence-electron chi connectivity index (χ4n) is 1.48. The van der Waals surface area contributed by atoms with Crippen molar-refractivity contribution in [3.63, 3.8) is 0 Å². The minimum Gasteiger partial charge on any atom is -0.399 e. The van der Waals surface area contributed by atoms with Crippen LogP contribution in [0.4, 0.5) is 5.69 Å². The molecular weight excluding hydrogens is 254 g/mol. The van der Waals surface area contributed by atoms with Crippen LogP contribution in [-0.4, -0.2) is 13.6 Å². The Kier molecular flexibility index (Phi) is 3.35. The van der Waals surface area contributed by atoms with E-state index in [0.717, 1.165) is 0 Å². The van der Waals surface area contributed by atoms with Crippen molar-refractivity contribution in [2.45, 2.75) is 18.4 Å². The van der Waals surface area contributed by atoms with E-state index in [1.54, 1.807) is 25.1 Å². The van der Waals surface area contributed by atoms with Gasteiger partial charge in [0.05, 0.1) is 17.6 Å². The molecular formula is C11H13N3O3S. The molecule has 7 heteroatoms. The van der Waals surface area contributed by atoms with Gasteiger partial charge in [-0.1, -0.05) is 11.2 Å². The Morgan fingerprint density at radius 3 is 2.83 bits per heavy atom. The second-order valence-corrected chi connectivity index (χ2v) is 5.56. The highest BCUT2D eigenvalue weighted by molar-refractivity contribution is 7.89. The smallest absolute Gasteiger partial charge is 0.241 e. The van der Waals surface area contributed by atoms with Crippen molar-refractivity contribution in [3.8, 4) is 0 Å². The number of sulfonamides is 1. The van der Waals surface area contributed by atoms with E-state index >= 15 is 0 Å². The predicted octanol–water partition coefficient (Wildman–Crippen LogP) is 1.04. The van der Waals surface area contributed by atoms with Gasteiger partial charge in [-0.2, -0.15) is 0 Å². The number of nitrogens with zero attached hydrogens (tertiary/aromatic N) is 1. The standard InChI is InChI=1S/C11H13N3O3S/c1-8-2-3-9(12)6-11(8)18(15,16)14-7-10-4-5-13-17-10/h2-6,14H,7,12H2,1H3. The number of rotatable bonds is 4. The molecule has 6 nitrogen and oxygen atoms in total. The van der Waals surface area contributed by atoms with Gasteiger partial charge in [-0.25, -0.2) is 13.1 Å². The SMILES string of the molecule is Cc1ccc(N)cc1S(=O)(=O)NCc1ccno1. The summed E-state index contributed by atoms with van der Waals surface area (Å²) in [5.41, 5.74) is 6.63. The molecule has 0 aliphatic carbocycles. The van der Waals surface area contributed by atoms with E-state index in [2.05, 4.69) is 9.88 Å². The minimum atomic E-state index is -3.61. The Morgan fingerprint density at radius 2 is 2.17 bits per heavy atom. The van der Waals surface area contributed by atoms with Gasteiger partial charge in [0.15, 0.2) is 5.76 Å². The monoisotopic (exact) mass is 267 g/mol. The van der Waals surface area contributed by atoms with E-state index in [1.165, 1.54) is 12.3 Å². The highest BCUT2D eigenvalue weighted by Crippen LogP contribution is 2.18. The number of hydrogen-bond acceptors (Lipinski definition) is 5. The maximum absolute atomic E-state index is 12.1. The van der Waals surface area contributed by atoms with E-state index < -0.39 is 10.0 Å². The second-order valence-electron chi connectivity index (χ2n) is 3.83. The van der Waals surface area contributed by atoms with Crippen molar-refractivity contribution < 1.29 is 12.9 Å². The molecule has 0 bridgehead atoms. The van der Waals surface area contributed by atoms with Crippen molar-refractivity contribution in [1.29, 1.82) is 0 Å². The van der Waals surface area contributed by atoms with Crippen LogP contribution < -0.4 is 10.5 Å². The molecule has 0 spiro atoms. The molecule has 2 rings (SSSR count). The molecule has 0 aliphatic rings. The van der Waals surface area contributed by atoms with Crippen molar-refractivity contribution in [2.24, 2.45) is 0 Å². The van der Waals surface area contributed by atoms with Gasteiger partial charge in [-0.15, -0.1) is 0 Å². The molecule has 0 amide bonds. The molecule has 0 saturated carbocycles. The molecule has 0 unspecified atom stereocenters. The highest BCUT2D eigenvalue weighted by Gasteiger charge is 2.17. The summed E-state index contributed by atoms with van der Waals surface area (Å²) < 4.78 is 31.4. The van der Waals surface area contributed by atoms with Crippen LogP contribution in [0.25, 0.3) is 0 Å². The Hall–Kier alpha value is -1.86. The maximum Gasteiger partial charge on any atom is 0.241 e. The zero-order chi connectivity index (χ0) is 13.2. The van der Waals surface area contributed by atoms with Gasteiger partial charge in [0, 0.05) is 11.8 Å². The number of nitrogen functional groups attached to an aromatic ring is 1. The Morgan fingerprint density at radius 1 is 1.39 bits per heavy atom.